The minimum Gasteiger partial charge on any atom is -0.483 e. The molecule has 0 bridgehead atoms. The third-order valence-corrected chi connectivity index (χ3v) is 3.25. The fourth-order valence-electron chi connectivity index (χ4n) is 1.69. The third kappa shape index (κ3) is 5.17. The maximum Gasteiger partial charge on any atom is 0.387 e. The van der Waals surface area contributed by atoms with E-state index in [1.165, 1.54) is 36.4 Å². The first kappa shape index (κ1) is 17.1. The van der Waals surface area contributed by atoms with Crippen LogP contribution in [-0.4, -0.2) is 19.1 Å². The molecule has 1 amide bonds. The van der Waals surface area contributed by atoms with Gasteiger partial charge in [0, 0.05) is 0 Å². The Hall–Kier alpha value is -2.22. The molecule has 0 heterocycles. The van der Waals surface area contributed by atoms with Gasteiger partial charge in [-0.3, -0.25) is 4.79 Å². The summed E-state index contributed by atoms with van der Waals surface area (Å²) in [5.41, 5.74) is 0.0968. The van der Waals surface area contributed by atoms with E-state index in [9.17, 15) is 18.0 Å². The summed E-state index contributed by atoms with van der Waals surface area (Å²) in [5, 5.41) is 2.41. The highest BCUT2D eigenvalue weighted by molar-refractivity contribution is 9.10. The zero-order valence-electron chi connectivity index (χ0n) is 11.6. The number of carbonyl (C=O) groups excluding carboxylic acids is 1. The SMILES string of the molecule is O=C(COc1ccc(F)cc1Br)Nc1ccccc1OC(F)F. The number of anilines is 1. The smallest absolute Gasteiger partial charge is 0.387 e. The molecule has 0 atom stereocenters. The van der Waals surface area contributed by atoms with Crippen LogP contribution in [0.2, 0.25) is 0 Å². The van der Waals surface area contributed by atoms with Crippen molar-refractivity contribution in [2.45, 2.75) is 6.61 Å². The molecule has 0 radical (unpaired) electrons. The lowest BCUT2D eigenvalue weighted by atomic mass is 10.3. The zero-order chi connectivity index (χ0) is 16.8. The van der Waals surface area contributed by atoms with E-state index < -0.39 is 18.3 Å². The number of carbonyl (C=O) groups is 1. The van der Waals surface area contributed by atoms with E-state index in [0.29, 0.717) is 4.47 Å². The van der Waals surface area contributed by atoms with Crippen LogP contribution >= 0.6 is 15.9 Å². The van der Waals surface area contributed by atoms with Gasteiger partial charge in [-0.2, -0.15) is 8.78 Å². The lowest BCUT2D eigenvalue weighted by molar-refractivity contribution is -0.118. The molecule has 0 aliphatic heterocycles. The second-order valence-corrected chi connectivity index (χ2v) is 5.14. The van der Waals surface area contributed by atoms with Gasteiger partial charge >= 0.3 is 6.61 Å². The van der Waals surface area contributed by atoms with Gasteiger partial charge in [-0.1, -0.05) is 12.1 Å². The Bertz CT molecular complexity index is 697. The predicted molar refractivity (Wildman–Crippen MR) is 81.3 cm³/mol. The van der Waals surface area contributed by atoms with Crippen molar-refractivity contribution in [2.24, 2.45) is 0 Å². The van der Waals surface area contributed by atoms with Crippen molar-refractivity contribution in [1.29, 1.82) is 0 Å². The molecule has 2 aromatic carbocycles. The van der Waals surface area contributed by atoms with Gasteiger partial charge < -0.3 is 14.8 Å². The molecule has 4 nitrogen and oxygen atoms in total. The molecule has 2 rings (SSSR count). The Morgan fingerprint density at radius 3 is 2.61 bits per heavy atom. The zero-order valence-corrected chi connectivity index (χ0v) is 13.1. The molecule has 122 valence electrons. The molecule has 0 saturated carbocycles. The summed E-state index contributed by atoms with van der Waals surface area (Å²) in [6.45, 7) is -3.38. The van der Waals surface area contributed by atoms with Crippen molar-refractivity contribution in [3.63, 3.8) is 0 Å². The van der Waals surface area contributed by atoms with Crippen LogP contribution in [0, 0.1) is 5.82 Å². The van der Waals surface area contributed by atoms with Crippen LogP contribution in [-0.2, 0) is 4.79 Å². The summed E-state index contributed by atoms with van der Waals surface area (Å²) in [4.78, 5) is 11.8. The number of alkyl halides is 2. The van der Waals surface area contributed by atoms with Crippen LogP contribution in [0.1, 0.15) is 0 Å². The Balaban J connectivity index is 1.97. The van der Waals surface area contributed by atoms with Crippen molar-refractivity contribution >= 4 is 27.5 Å². The molecule has 0 unspecified atom stereocenters. The lowest BCUT2D eigenvalue weighted by Crippen LogP contribution is -2.21. The molecular weight excluding hydrogens is 379 g/mol. The van der Waals surface area contributed by atoms with Gasteiger partial charge in [0.1, 0.15) is 17.3 Å². The maximum absolute atomic E-state index is 12.9. The summed E-state index contributed by atoms with van der Waals surface area (Å²) in [6, 6.07) is 9.52. The van der Waals surface area contributed by atoms with Crippen LogP contribution < -0.4 is 14.8 Å². The van der Waals surface area contributed by atoms with E-state index in [1.807, 2.05) is 0 Å². The second-order valence-electron chi connectivity index (χ2n) is 4.29. The molecule has 1 N–H and O–H groups in total. The summed E-state index contributed by atoms with van der Waals surface area (Å²) in [7, 11) is 0. The topological polar surface area (TPSA) is 47.6 Å². The molecule has 2 aromatic rings. The molecule has 8 heteroatoms. The summed E-state index contributed by atoms with van der Waals surface area (Å²) in [6.07, 6.45) is 0. The first-order chi connectivity index (χ1) is 11.0. The number of amides is 1. The molecular formula is C15H11BrF3NO3. The Morgan fingerprint density at radius 1 is 1.17 bits per heavy atom. The van der Waals surface area contributed by atoms with Crippen molar-refractivity contribution < 1.29 is 27.4 Å². The van der Waals surface area contributed by atoms with E-state index in [0.717, 1.165) is 0 Å². The molecule has 23 heavy (non-hydrogen) atoms. The Kier molecular flexibility index (Phi) is 5.86. The van der Waals surface area contributed by atoms with Gasteiger partial charge in [-0.25, -0.2) is 4.39 Å². The lowest BCUT2D eigenvalue weighted by Gasteiger charge is -2.12. The number of nitrogens with one attached hydrogen (secondary N) is 1. The number of hydrogen-bond acceptors (Lipinski definition) is 3. The van der Waals surface area contributed by atoms with E-state index >= 15 is 0 Å². The number of benzene rings is 2. The third-order valence-electron chi connectivity index (χ3n) is 2.63. The number of halogens is 4. The summed E-state index contributed by atoms with van der Waals surface area (Å²) < 4.78 is 47.4. The summed E-state index contributed by atoms with van der Waals surface area (Å²) in [5.74, 6) is -0.907. The van der Waals surface area contributed by atoms with Gasteiger partial charge in [0.2, 0.25) is 0 Å². The molecule has 0 fully saturated rings. The largest absolute Gasteiger partial charge is 0.483 e. The highest BCUT2D eigenvalue weighted by Gasteiger charge is 2.12. The van der Waals surface area contributed by atoms with Crippen LogP contribution in [0.15, 0.2) is 46.9 Å². The Labute approximate surface area is 138 Å². The normalized spacial score (nSPS) is 10.5. The van der Waals surface area contributed by atoms with Gasteiger partial charge in [-0.15, -0.1) is 0 Å². The molecule has 0 saturated heterocycles. The molecule has 0 spiro atoms. The fourth-order valence-corrected chi connectivity index (χ4v) is 2.16. The minimum absolute atomic E-state index is 0.0968. The Morgan fingerprint density at radius 2 is 1.91 bits per heavy atom. The van der Waals surface area contributed by atoms with E-state index in [-0.39, 0.29) is 23.8 Å². The van der Waals surface area contributed by atoms with Crippen molar-refractivity contribution in [2.75, 3.05) is 11.9 Å². The van der Waals surface area contributed by atoms with E-state index in [4.69, 9.17) is 4.74 Å². The quantitative estimate of drug-likeness (QED) is 0.804. The number of para-hydroxylation sites is 2. The second kappa shape index (κ2) is 7.87. The van der Waals surface area contributed by atoms with Gasteiger partial charge in [0.15, 0.2) is 6.61 Å². The van der Waals surface area contributed by atoms with Crippen molar-refractivity contribution in [3.8, 4) is 11.5 Å². The van der Waals surface area contributed by atoms with Gasteiger partial charge in [0.25, 0.3) is 5.91 Å². The molecule has 0 aromatic heterocycles. The van der Waals surface area contributed by atoms with Crippen molar-refractivity contribution in [1.82, 2.24) is 0 Å². The van der Waals surface area contributed by atoms with Crippen LogP contribution in [0.4, 0.5) is 18.9 Å². The maximum atomic E-state index is 12.9. The van der Waals surface area contributed by atoms with Crippen LogP contribution in [0.25, 0.3) is 0 Å². The predicted octanol–water partition coefficient (Wildman–Crippen LogP) is 4.21. The standard InChI is InChI=1S/C15H11BrF3NO3/c16-10-7-9(17)5-6-12(10)22-8-14(21)20-11-3-1-2-4-13(11)23-15(18)19/h1-7,15H,8H2,(H,20,21). The fraction of sp³-hybridized carbons (Fsp3) is 0.133. The van der Waals surface area contributed by atoms with Crippen LogP contribution in [0.5, 0.6) is 11.5 Å². The first-order valence-corrected chi connectivity index (χ1v) is 7.16. The average Bonchev–Trinajstić information content (AvgIpc) is 2.48. The monoisotopic (exact) mass is 389 g/mol. The van der Waals surface area contributed by atoms with Crippen molar-refractivity contribution in [3.05, 3.63) is 52.8 Å². The number of rotatable bonds is 6. The minimum atomic E-state index is -3.00. The van der Waals surface area contributed by atoms with Crippen LogP contribution in [0.3, 0.4) is 0 Å². The molecule has 0 aliphatic carbocycles. The number of hydrogen-bond donors (Lipinski definition) is 1. The van der Waals surface area contributed by atoms with E-state index in [2.05, 4.69) is 26.0 Å². The highest BCUT2D eigenvalue weighted by Crippen LogP contribution is 2.27. The highest BCUT2D eigenvalue weighted by atomic mass is 79.9. The first-order valence-electron chi connectivity index (χ1n) is 6.37. The molecule has 0 aliphatic rings. The summed E-state index contributed by atoms with van der Waals surface area (Å²) >= 11 is 3.10. The van der Waals surface area contributed by atoms with Gasteiger partial charge in [0.05, 0.1) is 10.2 Å². The number of ether oxygens (including phenoxy) is 2. The van der Waals surface area contributed by atoms with E-state index in [1.54, 1.807) is 6.07 Å². The van der Waals surface area contributed by atoms with Gasteiger partial charge in [-0.05, 0) is 46.3 Å². The average molecular weight is 390 g/mol.